The van der Waals surface area contributed by atoms with E-state index in [-0.39, 0.29) is 17.4 Å². The molecule has 4 aromatic rings. The average Bonchev–Trinajstić information content (AvgIpc) is 3.24. The first-order chi connectivity index (χ1) is 18.2. The molecule has 0 saturated heterocycles. The van der Waals surface area contributed by atoms with Crippen LogP contribution in [0.4, 0.5) is 0 Å². The molecule has 38 heavy (non-hydrogen) atoms. The van der Waals surface area contributed by atoms with Gasteiger partial charge < -0.3 is 14.4 Å². The molecular weight excluding hydrogens is 525 g/mol. The smallest absolute Gasteiger partial charge is 0.273 e. The molecule has 0 aliphatic heterocycles. The SMILES string of the molecule is CCn1ncc(CN(C)C(=O)c2nc(-c3ccc(OCCCC(C)=O)c(Cl)c3)nc3ccc(Cl)cc23)c1C. The van der Waals surface area contributed by atoms with Crippen LogP contribution in [0.2, 0.25) is 10.0 Å². The summed E-state index contributed by atoms with van der Waals surface area (Å²) in [5.74, 6) is 0.718. The number of ketones is 1. The second-order valence-electron chi connectivity index (χ2n) is 9.09. The second-order valence-corrected chi connectivity index (χ2v) is 9.93. The Morgan fingerprint density at radius 2 is 1.89 bits per heavy atom. The fraction of sp³-hybridized carbons (Fsp3) is 0.321. The first-order valence-corrected chi connectivity index (χ1v) is 13.1. The van der Waals surface area contributed by atoms with Crippen molar-refractivity contribution < 1.29 is 14.3 Å². The van der Waals surface area contributed by atoms with Gasteiger partial charge in [0.05, 0.1) is 23.3 Å². The van der Waals surface area contributed by atoms with Gasteiger partial charge in [0, 0.05) is 53.8 Å². The van der Waals surface area contributed by atoms with Crippen LogP contribution in [0.1, 0.15) is 48.4 Å². The summed E-state index contributed by atoms with van der Waals surface area (Å²) in [6.45, 7) is 7.09. The number of hydrogen-bond acceptors (Lipinski definition) is 6. The van der Waals surface area contributed by atoms with Crippen LogP contribution >= 0.6 is 23.2 Å². The number of carbonyl (C=O) groups excluding carboxylic acids is 2. The topological polar surface area (TPSA) is 90.2 Å². The lowest BCUT2D eigenvalue weighted by Gasteiger charge is -2.18. The summed E-state index contributed by atoms with van der Waals surface area (Å²) in [7, 11) is 1.73. The van der Waals surface area contributed by atoms with E-state index in [0.29, 0.717) is 64.1 Å². The number of Topliss-reactive ketones (excluding diaryl/α,β-unsaturated/α-hetero) is 1. The van der Waals surface area contributed by atoms with Gasteiger partial charge >= 0.3 is 0 Å². The minimum absolute atomic E-state index is 0.118. The molecule has 8 nitrogen and oxygen atoms in total. The number of amides is 1. The number of fused-ring (bicyclic) bond motifs is 1. The highest BCUT2D eigenvalue weighted by molar-refractivity contribution is 6.32. The maximum Gasteiger partial charge on any atom is 0.273 e. The van der Waals surface area contributed by atoms with Gasteiger partial charge in [-0.3, -0.25) is 9.48 Å². The third-order valence-corrected chi connectivity index (χ3v) is 6.77. The summed E-state index contributed by atoms with van der Waals surface area (Å²) in [4.78, 5) is 35.8. The summed E-state index contributed by atoms with van der Waals surface area (Å²) >= 11 is 12.8. The van der Waals surface area contributed by atoms with Crippen LogP contribution in [0, 0.1) is 6.92 Å². The average molecular weight is 554 g/mol. The van der Waals surface area contributed by atoms with E-state index in [1.165, 1.54) is 0 Å². The molecule has 0 unspecified atom stereocenters. The van der Waals surface area contributed by atoms with E-state index in [1.807, 2.05) is 18.5 Å². The zero-order valence-electron chi connectivity index (χ0n) is 21.8. The molecule has 2 aromatic carbocycles. The van der Waals surface area contributed by atoms with Gasteiger partial charge in [0.25, 0.3) is 5.91 Å². The third-order valence-electron chi connectivity index (χ3n) is 6.24. The van der Waals surface area contributed by atoms with E-state index in [2.05, 4.69) is 15.1 Å². The standard InChI is InChI=1S/C28H29Cl2N5O3/c1-5-35-18(3)20(15-31-35)16-34(4)28(37)26-22-14-21(29)9-10-24(22)32-27(33-26)19-8-11-25(23(30)13-19)38-12-6-7-17(2)36/h8-11,13-15H,5-7,12,16H2,1-4H3. The molecule has 0 aliphatic rings. The molecule has 1 amide bonds. The summed E-state index contributed by atoms with van der Waals surface area (Å²) in [5, 5.41) is 5.82. The highest BCUT2D eigenvalue weighted by Gasteiger charge is 2.21. The van der Waals surface area contributed by atoms with Gasteiger partial charge in [0.1, 0.15) is 17.2 Å². The Hall–Kier alpha value is -3.49. The highest BCUT2D eigenvalue weighted by atomic mass is 35.5. The molecule has 0 saturated carbocycles. The van der Waals surface area contributed by atoms with Crippen LogP contribution < -0.4 is 4.74 Å². The summed E-state index contributed by atoms with van der Waals surface area (Å²) in [6.07, 6.45) is 2.85. The molecule has 0 bridgehead atoms. The lowest BCUT2D eigenvalue weighted by atomic mass is 10.1. The van der Waals surface area contributed by atoms with Crippen molar-refractivity contribution in [2.45, 2.75) is 46.7 Å². The number of rotatable bonds is 10. The molecule has 2 aromatic heterocycles. The van der Waals surface area contributed by atoms with Crippen molar-refractivity contribution in [3.63, 3.8) is 0 Å². The monoisotopic (exact) mass is 553 g/mol. The zero-order valence-corrected chi connectivity index (χ0v) is 23.3. The number of aryl methyl sites for hydroxylation is 1. The van der Waals surface area contributed by atoms with E-state index in [4.69, 9.17) is 27.9 Å². The number of aromatic nitrogens is 4. The van der Waals surface area contributed by atoms with E-state index >= 15 is 0 Å². The van der Waals surface area contributed by atoms with Gasteiger partial charge in [0.2, 0.25) is 0 Å². The number of nitrogens with zero attached hydrogens (tertiary/aromatic N) is 5. The predicted molar refractivity (Wildman–Crippen MR) is 149 cm³/mol. The number of hydrogen-bond donors (Lipinski definition) is 0. The van der Waals surface area contributed by atoms with Crippen LogP contribution in [-0.2, 0) is 17.9 Å². The maximum atomic E-state index is 13.7. The minimum atomic E-state index is -0.263. The molecule has 0 radical (unpaired) electrons. The number of ether oxygens (including phenoxy) is 1. The van der Waals surface area contributed by atoms with Crippen molar-refractivity contribution in [1.29, 1.82) is 0 Å². The highest BCUT2D eigenvalue weighted by Crippen LogP contribution is 2.31. The molecule has 0 fully saturated rings. The van der Waals surface area contributed by atoms with Crippen molar-refractivity contribution in [1.82, 2.24) is 24.6 Å². The first kappa shape index (κ1) is 27.5. The van der Waals surface area contributed by atoms with Crippen molar-refractivity contribution in [2.24, 2.45) is 0 Å². The molecule has 4 rings (SSSR count). The number of carbonyl (C=O) groups is 2. The predicted octanol–water partition coefficient (Wildman–Crippen LogP) is 6.15. The summed E-state index contributed by atoms with van der Waals surface area (Å²) < 4.78 is 7.62. The summed E-state index contributed by atoms with van der Waals surface area (Å²) in [5.41, 5.74) is 3.45. The molecule has 0 N–H and O–H groups in total. The maximum absolute atomic E-state index is 13.7. The van der Waals surface area contributed by atoms with Gasteiger partial charge in [0.15, 0.2) is 5.82 Å². The molecular formula is C28H29Cl2N5O3. The van der Waals surface area contributed by atoms with Crippen molar-refractivity contribution in [2.75, 3.05) is 13.7 Å². The number of benzene rings is 2. The van der Waals surface area contributed by atoms with Crippen LogP contribution in [0.15, 0.2) is 42.6 Å². The minimum Gasteiger partial charge on any atom is -0.492 e. The second kappa shape index (κ2) is 11.9. The molecule has 0 spiro atoms. The first-order valence-electron chi connectivity index (χ1n) is 12.3. The Labute approximate surface area is 231 Å². The van der Waals surface area contributed by atoms with Crippen molar-refractivity contribution in [3.05, 3.63) is 69.6 Å². The fourth-order valence-electron chi connectivity index (χ4n) is 4.12. The number of halogens is 2. The largest absolute Gasteiger partial charge is 0.492 e. The Bertz CT molecular complexity index is 1500. The van der Waals surface area contributed by atoms with Crippen molar-refractivity contribution in [3.8, 4) is 17.1 Å². The van der Waals surface area contributed by atoms with Gasteiger partial charge in [-0.05, 0) is 63.6 Å². The van der Waals surface area contributed by atoms with Gasteiger partial charge in [-0.15, -0.1) is 0 Å². The van der Waals surface area contributed by atoms with E-state index < -0.39 is 0 Å². The quantitative estimate of drug-likeness (QED) is 0.219. The lowest BCUT2D eigenvalue weighted by Crippen LogP contribution is -2.27. The molecule has 0 aliphatic carbocycles. The Kier molecular flexibility index (Phi) is 8.64. The van der Waals surface area contributed by atoms with Gasteiger partial charge in [-0.25, -0.2) is 9.97 Å². The normalized spacial score (nSPS) is 11.1. The van der Waals surface area contributed by atoms with Crippen molar-refractivity contribution >= 4 is 45.8 Å². The van der Waals surface area contributed by atoms with E-state index in [0.717, 1.165) is 17.8 Å². The van der Waals surface area contributed by atoms with E-state index in [1.54, 1.807) is 61.5 Å². The Balaban J connectivity index is 1.65. The Morgan fingerprint density at radius 3 is 2.58 bits per heavy atom. The lowest BCUT2D eigenvalue weighted by molar-refractivity contribution is -0.117. The van der Waals surface area contributed by atoms with Crippen LogP contribution in [-0.4, -0.2) is 50.0 Å². The van der Waals surface area contributed by atoms with Crippen LogP contribution in [0.3, 0.4) is 0 Å². The molecule has 0 atom stereocenters. The van der Waals surface area contributed by atoms with Gasteiger partial charge in [-0.1, -0.05) is 23.2 Å². The summed E-state index contributed by atoms with van der Waals surface area (Å²) in [6, 6.07) is 10.4. The molecule has 10 heteroatoms. The third kappa shape index (κ3) is 6.14. The zero-order chi connectivity index (χ0) is 27.4. The Morgan fingerprint density at radius 1 is 1.11 bits per heavy atom. The van der Waals surface area contributed by atoms with Gasteiger partial charge in [-0.2, -0.15) is 5.10 Å². The molecule has 198 valence electrons. The fourth-order valence-corrected chi connectivity index (χ4v) is 4.53. The van der Waals surface area contributed by atoms with E-state index in [9.17, 15) is 9.59 Å². The van der Waals surface area contributed by atoms with Crippen LogP contribution in [0.25, 0.3) is 22.3 Å². The van der Waals surface area contributed by atoms with Crippen LogP contribution in [0.5, 0.6) is 5.75 Å². The molecule has 2 heterocycles.